The molecule has 2 aromatic rings. The van der Waals surface area contributed by atoms with Gasteiger partial charge in [-0.2, -0.15) is 0 Å². The van der Waals surface area contributed by atoms with Gasteiger partial charge in [-0.1, -0.05) is 52.8 Å². The molecular weight excluding hydrogens is 358 g/mol. The molecule has 5 heteroatoms. The second-order valence-electron chi connectivity index (χ2n) is 5.69. The maximum atomic E-state index is 4.98. The van der Waals surface area contributed by atoms with Crippen molar-refractivity contribution in [2.24, 2.45) is 4.99 Å². The lowest BCUT2D eigenvalue weighted by molar-refractivity contribution is 0.321. The van der Waals surface area contributed by atoms with Gasteiger partial charge in [0.25, 0.3) is 0 Å². The van der Waals surface area contributed by atoms with Crippen LogP contribution in [-0.2, 0) is 0 Å². The number of pyridine rings is 1. The first kappa shape index (κ1) is 14.3. The molecule has 112 valence electrons. The molecule has 0 unspecified atom stereocenters. The van der Waals surface area contributed by atoms with Gasteiger partial charge in [-0.05, 0) is 29.8 Å². The van der Waals surface area contributed by atoms with Gasteiger partial charge in [-0.3, -0.25) is 9.98 Å². The van der Waals surface area contributed by atoms with Crippen molar-refractivity contribution in [3.05, 3.63) is 64.4 Å². The van der Waals surface area contributed by atoms with E-state index in [1.54, 1.807) is 0 Å². The fourth-order valence-electron chi connectivity index (χ4n) is 3.14. The van der Waals surface area contributed by atoms with Gasteiger partial charge in [0, 0.05) is 22.5 Å². The Balaban J connectivity index is 1.76. The van der Waals surface area contributed by atoms with Crippen LogP contribution < -0.4 is 0 Å². The molecule has 1 saturated heterocycles. The Morgan fingerprint density at radius 1 is 1.18 bits per heavy atom. The summed E-state index contributed by atoms with van der Waals surface area (Å²) in [6.07, 6.45) is 1.85. The third-order valence-corrected chi connectivity index (χ3v) is 5.72. The summed E-state index contributed by atoms with van der Waals surface area (Å²) in [4.78, 5) is 12.0. The number of fused-ring (bicyclic) bond motifs is 1. The van der Waals surface area contributed by atoms with Crippen molar-refractivity contribution in [1.82, 2.24) is 9.88 Å². The first-order valence-electron chi connectivity index (χ1n) is 7.40. The smallest absolute Gasteiger partial charge is 0.160 e. The normalized spacial score (nSPS) is 26.9. The Morgan fingerprint density at radius 3 is 2.73 bits per heavy atom. The first-order valence-corrected chi connectivity index (χ1v) is 9.07. The Hall–Kier alpha value is -1.33. The van der Waals surface area contributed by atoms with Gasteiger partial charge in [0.05, 0.1) is 11.7 Å². The van der Waals surface area contributed by atoms with Crippen molar-refractivity contribution in [2.75, 3.05) is 6.54 Å². The molecule has 0 amide bonds. The minimum atomic E-state index is 0.0809. The molecule has 3 atom stereocenters. The predicted molar refractivity (Wildman–Crippen MR) is 95.1 cm³/mol. The Kier molecular flexibility index (Phi) is 3.70. The third-order valence-electron chi connectivity index (χ3n) is 4.09. The minimum absolute atomic E-state index is 0.0809. The number of amidine groups is 1. The van der Waals surface area contributed by atoms with E-state index in [4.69, 9.17) is 4.99 Å². The standard InChI is InChI=1S/C17H16BrN3S/c1-11-10-21-16(12-5-7-13(18)8-6-12)15(20-17(21)22-11)14-4-2-3-9-19-14/h2-9,11,15-16H,10H2,1H3/t11-,15-,16-/m1/s1. The number of aromatic nitrogens is 1. The fraction of sp³-hybridized carbons (Fsp3) is 0.294. The number of nitrogens with zero attached hydrogens (tertiary/aromatic N) is 3. The second kappa shape index (κ2) is 5.70. The summed E-state index contributed by atoms with van der Waals surface area (Å²) >= 11 is 5.40. The molecule has 2 aliphatic heterocycles. The zero-order chi connectivity index (χ0) is 15.1. The quantitative estimate of drug-likeness (QED) is 0.779. The average molecular weight is 374 g/mol. The molecule has 3 heterocycles. The molecule has 2 aliphatic rings. The lowest BCUT2D eigenvalue weighted by atomic mass is 9.96. The van der Waals surface area contributed by atoms with Crippen molar-refractivity contribution in [3.63, 3.8) is 0 Å². The predicted octanol–water partition coefficient (Wildman–Crippen LogP) is 4.43. The van der Waals surface area contributed by atoms with Crippen molar-refractivity contribution in [1.29, 1.82) is 0 Å². The molecule has 0 saturated carbocycles. The number of hydrogen-bond acceptors (Lipinski definition) is 4. The number of benzene rings is 1. The average Bonchev–Trinajstić information content (AvgIpc) is 3.05. The van der Waals surface area contributed by atoms with Gasteiger partial charge in [-0.25, -0.2) is 0 Å². The van der Waals surface area contributed by atoms with E-state index < -0.39 is 0 Å². The summed E-state index contributed by atoms with van der Waals surface area (Å²) in [6.45, 7) is 3.31. The Bertz CT molecular complexity index is 702. The summed E-state index contributed by atoms with van der Waals surface area (Å²) < 4.78 is 1.11. The molecule has 0 bridgehead atoms. The monoisotopic (exact) mass is 373 g/mol. The van der Waals surface area contributed by atoms with Crippen LogP contribution in [0.25, 0.3) is 0 Å². The van der Waals surface area contributed by atoms with Crippen molar-refractivity contribution in [2.45, 2.75) is 24.3 Å². The van der Waals surface area contributed by atoms with E-state index in [1.165, 1.54) is 5.56 Å². The summed E-state index contributed by atoms with van der Waals surface area (Å²) in [5.41, 5.74) is 2.35. The maximum absolute atomic E-state index is 4.98. The van der Waals surface area contributed by atoms with Gasteiger partial charge in [0.2, 0.25) is 0 Å². The zero-order valence-corrected chi connectivity index (χ0v) is 14.6. The molecule has 1 fully saturated rings. The van der Waals surface area contributed by atoms with Crippen LogP contribution >= 0.6 is 27.7 Å². The highest BCUT2D eigenvalue weighted by molar-refractivity contribution is 9.10. The number of hydrogen-bond donors (Lipinski definition) is 0. The molecule has 4 rings (SSSR count). The van der Waals surface area contributed by atoms with E-state index in [9.17, 15) is 0 Å². The number of aliphatic imine (C=N–C) groups is 1. The van der Waals surface area contributed by atoms with E-state index in [1.807, 2.05) is 30.1 Å². The van der Waals surface area contributed by atoms with Crippen LogP contribution in [0.3, 0.4) is 0 Å². The molecular formula is C17H16BrN3S. The fourth-order valence-corrected chi connectivity index (χ4v) is 4.50. The van der Waals surface area contributed by atoms with Gasteiger partial charge >= 0.3 is 0 Å². The largest absolute Gasteiger partial charge is 0.341 e. The molecule has 1 aromatic heterocycles. The van der Waals surface area contributed by atoms with Crippen LogP contribution in [0.2, 0.25) is 0 Å². The lowest BCUT2D eigenvalue weighted by Gasteiger charge is -2.27. The lowest BCUT2D eigenvalue weighted by Crippen LogP contribution is -2.28. The molecule has 0 aliphatic carbocycles. The highest BCUT2D eigenvalue weighted by atomic mass is 79.9. The zero-order valence-electron chi connectivity index (χ0n) is 12.2. The van der Waals surface area contributed by atoms with Gasteiger partial charge in [-0.15, -0.1) is 0 Å². The SMILES string of the molecule is C[C@@H]1CN2C(=N[C@H](c3ccccn3)[C@H]2c2ccc(Br)cc2)S1. The summed E-state index contributed by atoms with van der Waals surface area (Å²) in [7, 11) is 0. The maximum Gasteiger partial charge on any atom is 0.160 e. The second-order valence-corrected chi connectivity index (χ2v) is 8.01. The van der Waals surface area contributed by atoms with Crippen LogP contribution in [-0.4, -0.2) is 26.8 Å². The summed E-state index contributed by atoms with van der Waals surface area (Å²) in [6, 6.07) is 15.0. The van der Waals surface area contributed by atoms with Gasteiger partial charge in [0.1, 0.15) is 6.04 Å². The van der Waals surface area contributed by atoms with Crippen LogP contribution in [0, 0.1) is 0 Å². The summed E-state index contributed by atoms with van der Waals surface area (Å²) in [5.74, 6) is 0. The van der Waals surface area contributed by atoms with E-state index in [2.05, 4.69) is 63.1 Å². The van der Waals surface area contributed by atoms with E-state index in [0.717, 1.165) is 21.9 Å². The highest BCUT2D eigenvalue weighted by Gasteiger charge is 2.43. The van der Waals surface area contributed by atoms with Crippen molar-refractivity contribution >= 4 is 32.9 Å². The third kappa shape index (κ3) is 2.46. The van der Waals surface area contributed by atoms with Gasteiger partial charge in [0.15, 0.2) is 5.17 Å². The number of thioether (sulfide) groups is 1. The van der Waals surface area contributed by atoms with E-state index >= 15 is 0 Å². The molecule has 0 spiro atoms. The van der Waals surface area contributed by atoms with Crippen LogP contribution in [0.15, 0.2) is 58.1 Å². The molecule has 22 heavy (non-hydrogen) atoms. The van der Waals surface area contributed by atoms with E-state index in [0.29, 0.717) is 5.25 Å². The Labute approximate surface area is 143 Å². The van der Waals surface area contributed by atoms with Crippen molar-refractivity contribution < 1.29 is 0 Å². The van der Waals surface area contributed by atoms with Crippen molar-refractivity contribution in [3.8, 4) is 0 Å². The minimum Gasteiger partial charge on any atom is -0.341 e. The topological polar surface area (TPSA) is 28.5 Å². The molecule has 0 radical (unpaired) electrons. The Morgan fingerprint density at radius 2 is 2.00 bits per heavy atom. The first-order chi connectivity index (χ1) is 10.7. The summed E-state index contributed by atoms with van der Waals surface area (Å²) in [5, 5.41) is 1.76. The van der Waals surface area contributed by atoms with Crippen LogP contribution in [0.1, 0.15) is 30.3 Å². The highest BCUT2D eigenvalue weighted by Crippen LogP contribution is 2.47. The van der Waals surface area contributed by atoms with Crippen LogP contribution in [0.4, 0.5) is 0 Å². The van der Waals surface area contributed by atoms with Crippen LogP contribution in [0.5, 0.6) is 0 Å². The molecule has 0 N–H and O–H groups in total. The van der Waals surface area contributed by atoms with E-state index in [-0.39, 0.29) is 12.1 Å². The number of halogens is 1. The molecule has 1 aromatic carbocycles. The van der Waals surface area contributed by atoms with Gasteiger partial charge < -0.3 is 4.90 Å². The number of rotatable bonds is 2. The molecule has 3 nitrogen and oxygen atoms in total.